The number of aryl methyl sites for hydroxylation is 1. The molecule has 0 bridgehead atoms. The van der Waals surface area contributed by atoms with Crippen LogP contribution in [0.5, 0.6) is 17.4 Å². The molecule has 0 aliphatic carbocycles. The molecule has 0 saturated carbocycles. The van der Waals surface area contributed by atoms with Gasteiger partial charge in [-0.1, -0.05) is 34.5 Å². The van der Waals surface area contributed by atoms with Crippen LogP contribution in [0.3, 0.4) is 0 Å². The van der Waals surface area contributed by atoms with E-state index in [2.05, 4.69) is 46.9 Å². The summed E-state index contributed by atoms with van der Waals surface area (Å²) in [6, 6.07) is 9.58. The van der Waals surface area contributed by atoms with Gasteiger partial charge in [-0.15, -0.1) is 0 Å². The number of halogens is 3. The van der Waals surface area contributed by atoms with E-state index in [1.165, 1.54) is 23.0 Å². The van der Waals surface area contributed by atoms with Gasteiger partial charge < -0.3 is 9.47 Å². The summed E-state index contributed by atoms with van der Waals surface area (Å²) in [7, 11) is 0. The van der Waals surface area contributed by atoms with Crippen LogP contribution in [-0.4, -0.2) is 32.4 Å². The Morgan fingerprint density at radius 3 is 2.65 bits per heavy atom. The SMILES string of the molecule is CCOc1cc(C=Nn2c(CC)nc3ccc(Br)cc3c2=O)c(Br)c(Cl)c1Oc1ccc([N+](=O)[O-])cn1. The van der Waals surface area contributed by atoms with E-state index in [4.69, 9.17) is 21.1 Å². The van der Waals surface area contributed by atoms with E-state index in [1.54, 1.807) is 25.1 Å². The summed E-state index contributed by atoms with van der Waals surface area (Å²) >= 11 is 13.4. The molecule has 2 heterocycles. The molecule has 37 heavy (non-hydrogen) atoms. The van der Waals surface area contributed by atoms with E-state index in [9.17, 15) is 14.9 Å². The zero-order valence-electron chi connectivity index (χ0n) is 19.4. The second kappa shape index (κ2) is 11.4. The molecule has 0 unspecified atom stereocenters. The molecular formula is C24H18Br2ClN5O5. The predicted molar refractivity (Wildman–Crippen MR) is 147 cm³/mol. The standard InChI is InChI=1S/C24H18Br2ClN5O5/c1-3-19-30-17-7-5-14(25)10-16(17)24(33)31(19)29-11-13-9-18(36-4-2)23(22(27)21(13)26)37-20-8-6-15(12-28-20)32(34)35/h5-12H,3-4H2,1-2H3. The Bertz CT molecular complexity index is 1590. The fourth-order valence-corrected chi connectivity index (χ4v) is 4.36. The van der Waals surface area contributed by atoms with Crippen LogP contribution < -0.4 is 15.0 Å². The topological polar surface area (TPSA) is 122 Å². The average molecular weight is 652 g/mol. The molecule has 0 fully saturated rings. The second-order valence-corrected chi connectivity index (χ2v) is 9.56. The van der Waals surface area contributed by atoms with Crippen molar-refractivity contribution in [2.24, 2.45) is 5.10 Å². The third-order valence-corrected chi connectivity index (χ3v) is 7.03. The highest BCUT2D eigenvalue weighted by molar-refractivity contribution is 9.10. The van der Waals surface area contributed by atoms with Crippen LogP contribution in [0, 0.1) is 10.1 Å². The van der Waals surface area contributed by atoms with Crippen LogP contribution >= 0.6 is 43.5 Å². The Morgan fingerprint density at radius 1 is 1.22 bits per heavy atom. The van der Waals surface area contributed by atoms with Crippen LogP contribution in [0.1, 0.15) is 25.2 Å². The number of hydrogen-bond acceptors (Lipinski definition) is 8. The van der Waals surface area contributed by atoms with Gasteiger partial charge in [0.15, 0.2) is 11.5 Å². The first-order valence-corrected chi connectivity index (χ1v) is 12.9. The Kier molecular flexibility index (Phi) is 8.20. The Morgan fingerprint density at radius 2 is 2.00 bits per heavy atom. The summed E-state index contributed by atoms with van der Waals surface area (Å²) in [5.74, 6) is 1.04. The van der Waals surface area contributed by atoms with E-state index < -0.39 is 4.92 Å². The van der Waals surface area contributed by atoms with Crippen LogP contribution in [-0.2, 0) is 6.42 Å². The lowest BCUT2D eigenvalue weighted by molar-refractivity contribution is -0.385. The third kappa shape index (κ3) is 5.65. The van der Waals surface area contributed by atoms with Gasteiger partial charge in [-0.2, -0.15) is 9.78 Å². The van der Waals surface area contributed by atoms with Crippen molar-refractivity contribution in [1.29, 1.82) is 0 Å². The Labute approximate surface area is 232 Å². The molecule has 10 nitrogen and oxygen atoms in total. The number of ether oxygens (including phenoxy) is 2. The summed E-state index contributed by atoms with van der Waals surface area (Å²) in [4.78, 5) is 32.0. The Hall–Kier alpha value is -3.35. The van der Waals surface area contributed by atoms with Crippen LogP contribution in [0.15, 0.2) is 61.4 Å². The molecule has 0 N–H and O–H groups in total. The van der Waals surface area contributed by atoms with E-state index in [1.807, 2.05) is 13.0 Å². The van der Waals surface area contributed by atoms with Crippen LogP contribution in [0.25, 0.3) is 10.9 Å². The molecule has 13 heteroatoms. The summed E-state index contributed by atoms with van der Waals surface area (Å²) < 4.78 is 14.0. The number of benzene rings is 2. The number of pyridine rings is 1. The van der Waals surface area contributed by atoms with Crippen molar-refractivity contribution in [3.63, 3.8) is 0 Å². The van der Waals surface area contributed by atoms with Crippen LogP contribution in [0.4, 0.5) is 5.69 Å². The summed E-state index contributed by atoms with van der Waals surface area (Å²) in [6.07, 6.45) is 3.04. The molecule has 0 amide bonds. The first-order valence-electron chi connectivity index (χ1n) is 10.9. The van der Waals surface area contributed by atoms with E-state index >= 15 is 0 Å². The quantitative estimate of drug-likeness (QED) is 0.121. The maximum Gasteiger partial charge on any atom is 0.287 e. The smallest absolute Gasteiger partial charge is 0.287 e. The van der Waals surface area contributed by atoms with Crippen LogP contribution in [0.2, 0.25) is 5.02 Å². The fraction of sp³-hybridized carbons (Fsp3) is 0.167. The lowest BCUT2D eigenvalue weighted by Crippen LogP contribution is -2.22. The van der Waals surface area contributed by atoms with Gasteiger partial charge in [0.25, 0.3) is 11.2 Å². The van der Waals surface area contributed by atoms with Gasteiger partial charge in [-0.3, -0.25) is 14.9 Å². The largest absolute Gasteiger partial charge is 0.490 e. The van der Waals surface area contributed by atoms with Crippen molar-refractivity contribution in [3.8, 4) is 17.4 Å². The molecule has 190 valence electrons. The molecule has 2 aromatic carbocycles. The van der Waals surface area contributed by atoms with Crippen molar-refractivity contribution in [3.05, 3.63) is 88.4 Å². The highest BCUT2D eigenvalue weighted by atomic mass is 79.9. The van der Waals surface area contributed by atoms with Gasteiger partial charge >= 0.3 is 0 Å². The first kappa shape index (κ1) is 26.7. The van der Waals surface area contributed by atoms with Gasteiger partial charge in [0.2, 0.25) is 5.88 Å². The van der Waals surface area contributed by atoms with E-state index in [0.29, 0.717) is 45.5 Å². The normalized spacial score (nSPS) is 11.3. The molecule has 4 rings (SSSR count). The van der Waals surface area contributed by atoms with Crippen molar-refractivity contribution >= 4 is 66.3 Å². The zero-order chi connectivity index (χ0) is 26.7. The molecule has 4 aromatic rings. The van der Waals surface area contributed by atoms with Gasteiger partial charge in [-0.25, -0.2) is 9.97 Å². The van der Waals surface area contributed by atoms with Crippen molar-refractivity contribution in [2.45, 2.75) is 20.3 Å². The van der Waals surface area contributed by atoms with Gasteiger partial charge in [-0.05, 0) is 47.1 Å². The number of nitro groups is 1. The lowest BCUT2D eigenvalue weighted by atomic mass is 10.2. The van der Waals surface area contributed by atoms with Gasteiger partial charge in [0, 0.05) is 33.1 Å². The van der Waals surface area contributed by atoms with E-state index in [-0.39, 0.29) is 27.9 Å². The van der Waals surface area contributed by atoms with Gasteiger partial charge in [0.05, 0.1) is 28.6 Å². The monoisotopic (exact) mass is 649 g/mol. The first-order chi connectivity index (χ1) is 17.7. The molecule has 0 spiro atoms. The number of rotatable bonds is 8. The summed E-state index contributed by atoms with van der Waals surface area (Å²) in [5.41, 5.74) is 0.616. The average Bonchev–Trinajstić information content (AvgIpc) is 2.89. The van der Waals surface area contributed by atoms with E-state index in [0.717, 1.165) is 10.7 Å². The highest BCUT2D eigenvalue weighted by Crippen LogP contribution is 2.44. The molecule has 0 radical (unpaired) electrons. The number of fused-ring (bicyclic) bond motifs is 1. The molecule has 0 aliphatic heterocycles. The minimum Gasteiger partial charge on any atom is -0.490 e. The fourth-order valence-electron chi connectivity index (χ4n) is 3.36. The number of hydrogen-bond donors (Lipinski definition) is 0. The molecular weight excluding hydrogens is 634 g/mol. The lowest BCUT2D eigenvalue weighted by Gasteiger charge is -2.15. The maximum absolute atomic E-state index is 13.2. The minimum absolute atomic E-state index is 0.0920. The minimum atomic E-state index is -0.556. The Balaban J connectivity index is 1.76. The molecule has 2 aromatic heterocycles. The number of nitrogens with zero attached hydrogens (tertiary/aromatic N) is 5. The third-order valence-electron chi connectivity index (χ3n) is 5.10. The van der Waals surface area contributed by atoms with Gasteiger partial charge in [0.1, 0.15) is 17.0 Å². The predicted octanol–water partition coefficient (Wildman–Crippen LogP) is 6.51. The maximum atomic E-state index is 13.2. The van der Waals surface area contributed by atoms with Crippen molar-refractivity contribution < 1.29 is 14.4 Å². The summed E-state index contributed by atoms with van der Waals surface area (Å²) in [5, 5.41) is 15.9. The molecule has 0 saturated heterocycles. The number of aromatic nitrogens is 3. The zero-order valence-corrected chi connectivity index (χ0v) is 23.4. The molecule has 0 aliphatic rings. The molecule has 0 atom stereocenters. The summed E-state index contributed by atoms with van der Waals surface area (Å²) in [6.45, 7) is 3.99. The van der Waals surface area contributed by atoms with Crippen molar-refractivity contribution in [2.75, 3.05) is 6.61 Å². The second-order valence-electron chi connectivity index (χ2n) is 7.47. The highest BCUT2D eigenvalue weighted by Gasteiger charge is 2.19. The van der Waals surface area contributed by atoms with Crippen molar-refractivity contribution in [1.82, 2.24) is 14.6 Å².